The van der Waals surface area contributed by atoms with Gasteiger partial charge < -0.3 is 5.32 Å². The van der Waals surface area contributed by atoms with E-state index in [1.165, 1.54) is 6.42 Å². The summed E-state index contributed by atoms with van der Waals surface area (Å²) >= 11 is 5.86. The standard InChI is InChI=1S/C13H17ClN2O/c1-13(6-3-2-4-7-13)12(17)16-11-9-10(14)5-8-15-11/h5,8-9H,2-4,6-7H2,1H3,(H,15,16,17). The van der Waals surface area contributed by atoms with Crippen LogP contribution in [0.15, 0.2) is 18.3 Å². The summed E-state index contributed by atoms with van der Waals surface area (Å²) in [6.07, 6.45) is 7.01. The molecule has 0 radical (unpaired) electrons. The molecule has 1 fully saturated rings. The van der Waals surface area contributed by atoms with Gasteiger partial charge in [0.2, 0.25) is 5.91 Å². The van der Waals surface area contributed by atoms with Gasteiger partial charge in [-0.05, 0) is 25.0 Å². The normalized spacial score (nSPS) is 18.7. The van der Waals surface area contributed by atoms with E-state index in [2.05, 4.69) is 10.3 Å². The van der Waals surface area contributed by atoms with Crippen LogP contribution in [-0.2, 0) is 4.79 Å². The number of nitrogens with zero attached hydrogens (tertiary/aromatic N) is 1. The second kappa shape index (κ2) is 5.05. The zero-order chi connectivity index (χ0) is 12.3. The molecule has 0 atom stereocenters. The average Bonchev–Trinajstić information content (AvgIpc) is 2.30. The maximum Gasteiger partial charge on any atom is 0.231 e. The second-order valence-corrected chi connectivity index (χ2v) is 5.37. The monoisotopic (exact) mass is 252 g/mol. The first kappa shape index (κ1) is 12.4. The van der Waals surface area contributed by atoms with Crippen molar-refractivity contribution in [3.8, 4) is 0 Å². The first-order valence-electron chi connectivity index (χ1n) is 6.03. The van der Waals surface area contributed by atoms with Crippen molar-refractivity contribution >= 4 is 23.3 Å². The summed E-state index contributed by atoms with van der Waals surface area (Å²) in [4.78, 5) is 16.3. The van der Waals surface area contributed by atoms with E-state index >= 15 is 0 Å². The predicted molar refractivity (Wildman–Crippen MR) is 69.1 cm³/mol. The lowest BCUT2D eigenvalue weighted by Crippen LogP contribution is -2.35. The van der Waals surface area contributed by atoms with Crippen LogP contribution in [0.5, 0.6) is 0 Å². The molecular formula is C13H17ClN2O. The van der Waals surface area contributed by atoms with Gasteiger partial charge in [0.1, 0.15) is 5.82 Å². The largest absolute Gasteiger partial charge is 0.310 e. The molecule has 1 aromatic heterocycles. The number of pyridine rings is 1. The highest BCUT2D eigenvalue weighted by atomic mass is 35.5. The first-order valence-corrected chi connectivity index (χ1v) is 6.41. The lowest BCUT2D eigenvalue weighted by molar-refractivity contribution is -0.126. The highest BCUT2D eigenvalue weighted by Crippen LogP contribution is 2.36. The number of rotatable bonds is 2. The minimum absolute atomic E-state index is 0.0620. The number of nitrogens with one attached hydrogen (secondary N) is 1. The summed E-state index contributed by atoms with van der Waals surface area (Å²) in [6.45, 7) is 2.03. The summed E-state index contributed by atoms with van der Waals surface area (Å²) < 4.78 is 0. The van der Waals surface area contributed by atoms with Gasteiger partial charge in [-0.25, -0.2) is 4.98 Å². The molecule has 4 heteroatoms. The van der Waals surface area contributed by atoms with Crippen LogP contribution < -0.4 is 5.32 Å². The molecule has 0 spiro atoms. The van der Waals surface area contributed by atoms with Gasteiger partial charge in [-0.2, -0.15) is 0 Å². The number of aromatic nitrogens is 1. The Bertz CT molecular complexity index is 414. The van der Waals surface area contributed by atoms with Crippen molar-refractivity contribution in [1.82, 2.24) is 4.98 Å². The molecule has 17 heavy (non-hydrogen) atoms. The summed E-state index contributed by atoms with van der Waals surface area (Å²) in [5.74, 6) is 0.598. The van der Waals surface area contributed by atoms with E-state index < -0.39 is 0 Å². The third kappa shape index (κ3) is 2.97. The molecular weight excluding hydrogens is 236 g/mol. The Morgan fingerprint density at radius 2 is 2.12 bits per heavy atom. The van der Waals surface area contributed by atoms with E-state index in [0.717, 1.165) is 25.7 Å². The van der Waals surface area contributed by atoms with Gasteiger partial charge in [-0.15, -0.1) is 0 Å². The molecule has 92 valence electrons. The number of halogens is 1. The Kier molecular flexibility index (Phi) is 3.67. The molecule has 1 amide bonds. The number of amides is 1. The number of anilines is 1. The zero-order valence-electron chi connectivity index (χ0n) is 10.0. The van der Waals surface area contributed by atoms with Crippen LogP contribution in [0.2, 0.25) is 5.02 Å². The second-order valence-electron chi connectivity index (χ2n) is 4.93. The lowest BCUT2D eigenvalue weighted by Gasteiger charge is -2.31. The highest BCUT2D eigenvalue weighted by Gasteiger charge is 2.34. The van der Waals surface area contributed by atoms with Crippen molar-refractivity contribution in [2.24, 2.45) is 5.41 Å². The van der Waals surface area contributed by atoms with Crippen LogP contribution in [-0.4, -0.2) is 10.9 Å². The number of carbonyl (C=O) groups excluding carboxylic acids is 1. The van der Waals surface area contributed by atoms with Crippen LogP contribution in [0.4, 0.5) is 5.82 Å². The van der Waals surface area contributed by atoms with Gasteiger partial charge in [0.05, 0.1) is 0 Å². The Labute approximate surface area is 107 Å². The highest BCUT2D eigenvalue weighted by molar-refractivity contribution is 6.30. The van der Waals surface area contributed by atoms with Gasteiger partial charge in [0.15, 0.2) is 0 Å². The molecule has 1 aliphatic rings. The fourth-order valence-electron chi connectivity index (χ4n) is 2.30. The molecule has 0 saturated heterocycles. The molecule has 1 saturated carbocycles. The van der Waals surface area contributed by atoms with Gasteiger partial charge >= 0.3 is 0 Å². The van der Waals surface area contributed by atoms with E-state index in [4.69, 9.17) is 11.6 Å². The molecule has 2 rings (SSSR count). The number of hydrogen-bond acceptors (Lipinski definition) is 2. The zero-order valence-corrected chi connectivity index (χ0v) is 10.8. The SMILES string of the molecule is CC1(C(=O)Nc2cc(Cl)ccn2)CCCCC1. The van der Waals surface area contributed by atoms with Crippen molar-refractivity contribution in [3.63, 3.8) is 0 Å². The first-order chi connectivity index (χ1) is 8.10. The maximum atomic E-state index is 12.2. The molecule has 0 aliphatic heterocycles. The minimum atomic E-state index is -0.248. The van der Waals surface area contributed by atoms with E-state index in [1.807, 2.05) is 6.92 Å². The summed E-state index contributed by atoms with van der Waals surface area (Å²) in [5.41, 5.74) is -0.248. The van der Waals surface area contributed by atoms with Gasteiger partial charge in [0.25, 0.3) is 0 Å². The number of carbonyl (C=O) groups is 1. The summed E-state index contributed by atoms with van der Waals surface area (Å²) in [5, 5.41) is 3.45. The fraction of sp³-hybridized carbons (Fsp3) is 0.538. The molecule has 0 unspecified atom stereocenters. The van der Waals surface area contributed by atoms with E-state index in [-0.39, 0.29) is 11.3 Å². The molecule has 0 bridgehead atoms. The third-order valence-corrected chi connectivity index (χ3v) is 3.70. The van der Waals surface area contributed by atoms with Gasteiger partial charge in [0, 0.05) is 16.6 Å². The van der Waals surface area contributed by atoms with Crippen molar-refractivity contribution in [3.05, 3.63) is 23.4 Å². The lowest BCUT2D eigenvalue weighted by atomic mass is 9.75. The van der Waals surface area contributed by atoms with Crippen LogP contribution >= 0.6 is 11.6 Å². The van der Waals surface area contributed by atoms with Gasteiger partial charge in [-0.3, -0.25) is 4.79 Å². The quantitative estimate of drug-likeness (QED) is 0.873. The Hall–Kier alpha value is -1.09. The van der Waals surface area contributed by atoms with E-state index in [9.17, 15) is 4.79 Å². The smallest absolute Gasteiger partial charge is 0.231 e. The van der Waals surface area contributed by atoms with Crippen LogP contribution in [0.3, 0.4) is 0 Å². The fourth-order valence-corrected chi connectivity index (χ4v) is 2.46. The van der Waals surface area contributed by atoms with Crippen LogP contribution in [0.25, 0.3) is 0 Å². The summed E-state index contributed by atoms with van der Waals surface area (Å²) in [7, 11) is 0. The Morgan fingerprint density at radius 3 is 2.76 bits per heavy atom. The summed E-state index contributed by atoms with van der Waals surface area (Å²) in [6, 6.07) is 3.37. The van der Waals surface area contributed by atoms with Crippen LogP contribution in [0.1, 0.15) is 39.0 Å². The topological polar surface area (TPSA) is 42.0 Å². The molecule has 3 nitrogen and oxygen atoms in total. The molecule has 1 aromatic rings. The minimum Gasteiger partial charge on any atom is -0.310 e. The molecule has 1 heterocycles. The average molecular weight is 253 g/mol. The molecule has 1 N–H and O–H groups in total. The molecule has 1 aliphatic carbocycles. The van der Waals surface area contributed by atoms with Crippen molar-refractivity contribution in [2.45, 2.75) is 39.0 Å². The van der Waals surface area contributed by atoms with Crippen molar-refractivity contribution in [1.29, 1.82) is 0 Å². The van der Waals surface area contributed by atoms with E-state index in [1.54, 1.807) is 18.3 Å². The number of hydrogen-bond donors (Lipinski definition) is 1. The van der Waals surface area contributed by atoms with Crippen LogP contribution in [0, 0.1) is 5.41 Å². The Morgan fingerprint density at radius 1 is 1.41 bits per heavy atom. The maximum absolute atomic E-state index is 12.2. The Balaban J connectivity index is 2.05. The van der Waals surface area contributed by atoms with Gasteiger partial charge in [-0.1, -0.05) is 37.8 Å². The van der Waals surface area contributed by atoms with Crippen molar-refractivity contribution < 1.29 is 4.79 Å². The molecule has 0 aromatic carbocycles. The third-order valence-electron chi connectivity index (χ3n) is 3.47. The predicted octanol–water partition coefficient (Wildman–Crippen LogP) is 3.64. The van der Waals surface area contributed by atoms with Crippen molar-refractivity contribution in [2.75, 3.05) is 5.32 Å². The van der Waals surface area contributed by atoms with E-state index in [0.29, 0.717) is 10.8 Å².